The van der Waals surface area contributed by atoms with Gasteiger partial charge in [-0.15, -0.1) is 0 Å². The smallest absolute Gasteiger partial charge is 0.132 e. The Morgan fingerprint density at radius 2 is 1.77 bits per heavy atom. The van der Waals surface area contributed by atoms with Crippen LogP contribution in [0.15, 0.2) is 97.5 Å². The number of fused-ring (bicyclic) bond motifs is 1. The van der Waals surface area contributed by atoms with Crippen LogP contribution in [0.3, 0.4) is 0 Å². The van der Waals surface area contributed by atoms with Crippen molar-refractivity contribution in [1.82, 2.24) is 14.5 Å². The minimum atomic E-state index is 0.215. The van der Waals surface area contributed by atoms with Crippen LogP contribution in [-0.4, -0.2) is 19.6 Å². The van der Waals surface area contributed by atoms with Crippen LogP contribution < -0.4 is 5.32 Å². The average Bonchev–Trinajstić information content (AvgIpc) is 3.13. The molecule has 0 fully saturated rings. The van der Waals surface area contributed by atoms with E-state index in [-0.39, 0.29) is 5.75 Å². The number of rotatable bonds is 5. The van der Waals surface area contributed by atoms with E-state index in [2.05, 4.69) is 56.3 Å². The van der Waals surface area contributed by atoms with Crippen LogP contribution in [0.25, 0.3) is 22.2 Å². The third kappa shape index (κ3) is 3.61. The molecule has 3 aromatic heterocycles. The molecule has 2 N–H and O–H groups in total. The van der Waals surface area contributed by atoms with E-state index in [1.165, 1.54) is 5.56 Å². The minimum Gasteiger partial charge on any atom is -0.508 e. The van der Waals surface area contributed by atoms with Crippen molar-refractivity contribution in [2.75, 3.05) is 5.32 Å². The lowest BCUT2D eigenvalue weighted by Gasteiger charge is -2.12. The molecule has 0 amide bonds. The molecule has 2 aromatic carbocycles. The van der Waals surface area contributed by atoms with Crippen molar-refractivity contribution < 1.29 is 5.11 Å². The van der Waals surface area contributed by atoms with Crippen LogP contribution in [0.5, 0.6) is 5.75 Å². The molecule has 0 spiro atoms. The summed E-state index contributed by atoms with van der Waals surface area (Å²) in [5.41, 5.74) is 5.25. The molecule has 0 aliphatic carbocycles. The normalized spacial score (nSPS) is 10.9. The van der Waals surface area contributed by atoms with E-state index in [4.69, 9.17) is 0 Å². The fourth-order valence-electron chi connectivity index (χ4n) is 3.64. The first-order valence-electron chi connectivity index (χ1n) is 9.76. The average molecular weight is 392 g/mol. The van der Waals surface area contributed by atoms with Crippen LogP contribution in [0.2, 0.25) is 0 Å². The van der Waals surface area contributed by atoms with Crippen molar-refractivity contribution in [3.63, 3.8) is 0 Å². The quantitative estimate of drug-likeness (QED) is 0.409. The van der Waals surface area contributed by atoms with Crippen molar-refractivity contribution in [2.24, 2.45) is 0 Å². The fourth-order valence-corrected chi connectivity index (χ4v) is 3.64. The molecule has 0 saturated heterocycles. The molecule has 5 heteroatoms. The molecule has 3 heterocycles. The van der Waals surface area contributed by atoms with Crippen molar-refractivity contribution >= 4 is 22.4 Å². The Balaban J connectivity index is 1.62. The summed E-state index contributed by atoms with van der Waals surface area (Å²) >= 11 is 0. The summed E-state index contributed by atoms with van der Waals surface area (Å²) in [6.07, 6.45) is 5.55. The van der Waals surface area contributed by atoms with E-state index in [1.54, 1.807) is 24.4 Å². The summed E-state index contributed by atoms with van der Waals surface area (Å²) in [6.45, 7) is 0.740. The van der Waals surface area contributed by atoms with Crippen molar-refractivity contribution in [2.45, 2.75) is 6.54 Å². The second-order valence-corrected chi connectivity index (χ2v) is 7.15. The van der Waals surface area contributed by atoms with E-state index in [0.29, 0.717) is 0 Å². The Morgan fingerprint density at radius 3 is 2.57 bits per heavy atom. The van der Waals surface area contributed by atoms with E-state index < -0.39 is 0 Å². The topological polar surface area (TPSA) is 63.0 Å². The summed E-state index contributed by atoms with van der Waals surface area (Å²) in [5.74, 6) is 0.936. The van der Waals surface area contributed by atoms with Gasteiger partial charge in [0.2, 0.25) is 0 Å². The highest BCUT2D eigenvalue weighted by molar-refractivity contribution is 5.88. The van der Waals surface area contributed by atoms with Gasteiger partial charge in [0.25, 0.3) is 0 Å². The lowest BCUT2D eigenvalue weighted by Crippen LogP contribution is -2.02. The molecule has 0 aliphatic heterocycles. The highest BCUT2D eigenvalue weighted by Gasteiger charge is 2.13. The van der Waals surface area contributed by atoms with E-state index in [1.807, 2.05) is 36.7 Å². The number of aromatic hydroxyl groups is 1. The van der Waals surface area contributed by atoms with Crippen molar-refractivity contribution in [1.29, 1.82) is 0 Å². The van der Waals surface area contributed by atoms with Gasteiger partial charge in [-0.2, -0.15) is 0 Å². The number of benzene rings is 2. The van der Waals surface area contributed by atoms with Gasteiger partial charge in [-0.1, -0.05) is 36.4 Å². The standard InChI is InChI=1S/C25H20N4O/c30-22-10-4-9-21(13-22)28-25-14-24-20(16-27-25)12-23(19-8-5-11-26-15-19)29(24)17-18-6-2-1-3-7-18/h1-16,30H,17H2,(H,27,28). The molecule has 5 rings (SSSR count). The summed E-state index contributed by atoms with van der Waals surface area (Å²) < 4.78 is 2.29. The summed E-state index contributed by atoms with van der Waals surface area (Å²) in [6, 6.07) is 25.6. The Morgan fingerprint density at radius 1 is 0.867 bits per heavy atom. The van der Waals surface area contributed by atoms with E-state index in [0.717, 1.165) is 40.2 Å². The van der Waals surface area contributed by atoms with Gasteiger partial charge in [0, 0.05) is 53.9 Å². The maximum absolute atomic E-state index is 9.73. The molecule has 0 saturated carbocycles. The number of anilines is 2. The molecule has 0 unspecified atom stereocenters. The minimum absolute atomic E-state index is 0.215. The summed E-state index contributed by atoms with van der Waals surface area (Å²) in [5, 5.41) is 14.1. The first kappa shape index (κ1) is 17.9. The Hall–Kier alpha value is -4.12. The number of nitrogens with zero attached hydrogens (tertiary/aromatic N) is 3. The van der Waals surface area contributed by atoms with Gasteiger partial charge in [0.05, 0.1) is 11.2 Å². The van der Waals surface area contributed by atoms with Crippen LogP contribution in [0.1, 0.15) is 5.56 Å². The zero-order valence-corrected chi connectivity index (χ0v) is 16.2. The second kappa shape index (κ2) is 7.72. The van der Waals surface area contributed by atoms with Crippen LogP contribution in [0, 0.1) is 0 Å². The zero-order chi connectivity index (χ0) is 20.3. The molecular weight excluding hydrogens is 372 g/mol. The van der Waals surface area contributed by atoms with E-state index >= 15 is 0 Å². The maximum Gasteiger partial charge on any atom is 0.132 e. The molecular formula is C25H20N4O. The fraction of sp³-hybridized carbons (Fsp3) is 0.0400. The Bertz CT molecular complexity index is 1300. The van der Waals surface area contributed by atoms with Crippen LogP contribution >= 0.6 is 0 Å². The molecule has 0 radical (unpaired) electrons. The van der Waals surface area contributed by atoms with Gasteiger partial charge in [0.1, 0.15) is 11.6 Å². The first-order valence-corrected chi connectivity index (χ1v) is 9.76. The maximum atomic E-state index is 9.73. The number of phenolic OH excluding ortho intramolecular Hbond substituents is 1. The molecule has 5 aromatic rings. The third-order valence-corrected chi connectivity index (χ3v) is 5.05. The number of pyridine rings is 2. The lowest BCUT2D eigenvalue weighted by atomic mass is 10.2. The molecule has 146 valence electrons. The summed E-state index contributed by atoms with van der Waals surface area (Å²) in [4.78, 5) is 8.86. The Labute approximate surface area is 174 Å². The predicted molar refractivity (Wildman–Crippen MR) is 120 cm³/mol. The van der Waals surface area contributed by atoms with Crippen LogP contribution in [-0.2, 0) is 6.54 Å². The molecule has 0 bridgehead atoms. The molecule has 0 atom stereocenters. The van der Waals surface area contributed by atoms with Gasteiger partial charge in [-0.25, -0.2) is 4.98 Å². The number of aromatic nitrogens is 3. The number of hydrogen-bond acceptors (Lipinski definition) is 4. The van der Waals surface area contributed by atoms with Gasteiger partial charge in [-0.3, -0.25) is 4.98 Å². The second-order valence-electron chi connectivity index (χ2n) is 7.15. The third-order valence-electron chi connectivity index (χ3n) is 5.05. The summed E-state index contributed by atoms with van der Waals surface area (Å²) in [7, 11) is 0. The Kier molecular flexibility index (Phi) is 4.62. The highest BCUT2D eigenvalue weighted by atomic mass is 16.3. The van der Waals surface area contributed by atoms with Crippen molar-refractivity contribution in [3.05, 3.63) is 103 Å². The van der Waals surface area contributed by atoms with Gasteiger partial charge < -0.3 is 15.0 Å². The van der Waals surface area contributed by atoms with Crippen LogP contribution in [0.4, 0.5) is 11.5 Å². The number of hydrogen-bond donors (Lipinski definition) is 2. The molecule has 0 aliphatic rings. The molecule has 5 nitrogen and oxygen atoms in total. The van der Waals surface area contributed by atoms with Crippen molar-refractivity contribution in [3.8, 4) is 17.0 Å². The monoisotopic (exact) mass is 392 g/mol. The number of phenols is 1. The predicted octanol–water partition coefficient (Wildman–Crippen LogP) is 5.60. The first-order chi connectivity index (χ1) is 14.8. The van der Waals surface area contributed by atoms with E-state index in [9.17, 15) is 5.11 Å². The lowest BCUT2D eigenvalue weighted by molar-refractivity contribution is 0.475. The molecule has 30 heavy (non-hydrogen) atoms. The largest absolute Gasteiger partial charge is 0.508 e. The van der Waals surface area contributed by atoms with Gasteiger partial charge in [-0.05, 0) is 35.9 Å². The zero-order valence-electron chi connectivity index (χ0n) is 16.2. The SMILES string of the molecule is Oc1cccc(Nc2cc3c(cn2)cc(-c2cccnc2)n3Cc2ccccc2)c1. The van der Waals surface area contributed by atoms with Gasteiger partial charge in [0.15, 0.2) is 0 Å². The number of nitrogens with one attached hydrogen (secondary N) is 1. The highest BCUT2D eigenvalue weighted by Crippen LogP contribution is 2.30. The van der Waals surface area contributed by atoms with Gasteiger partial charge >= 0.3 is 0 Å².